The first-order valence-electron chi connectivity index (χ1n) is 11.0. The van der Waals surface area contributed by atoms with Crippen molar-refractivity contribution in [2.45, 2.75) is 11.8 Å². The van der Waals surface area contributed by atoms with Crippen molar-refractivity contribution < 1.29 is 9.53 Å². The van der Waals surface area contributed by atoms with Gasteiger partial charge in [0.1, 0.15) is 0 Å². The fraction of sp³-hybridized carbons (Fsp3) is 0.0714. The van der Waals surface area contributed by atoms with E-state index in [1.54, 1.807) is 48.5 Å². The maximum Gasteiger partial charge on any atom is 0.234 e. The van der Waals surface area contributed by atoms with Gasteiger partial charge >= 0.3 is 0 Å². The Morgan fingerprint density at radius 1 is 0.528 bits per heavy atom. The maximum absolute atomic E-state index is 13.2. The van der Waals surface area contributed by atoms with Crippen molar-refractivity contribution in [1.82, 2.24) is 5.16 Å². The van der Waals surface area contributed by atoms with Crippen LogP contribution in [0.5, 0.6) is 0 Å². The topological polar surface area (TPSA) is 53.0 Å². The van der Waals surface area contributed by atoms with Crippen molar-refractivity contribution in [1.29, 1.82) is 0 Å². The lowest BCUT2D eigenvalue weighted by Crippen LogP contribution is -2.32. The molecule has 1 aromatic heterocycles. The van der Waals surface area contributed by atoms with Crippen LogP contribution in [-0.4, -0.2) is 5.16 Å². The first-order valence-corrected chi connectivity index (χ1v) is 12.5. The minimum absolute atomic E-state index is 0.356. The molecular weight excluding hydrogens is 538 g/mol. The molecule has 0 fully saturated rings. The smallest absolute Gasteiger partial charge is 0.234 e. The molecule has 0 aliphatic carbocycles. The number of benzene rings is 4. The first kappa shape index (κ1) is 24.7. The van der Waals surface area contributed by atoms with Gasteiger partial charge in [-0.1, -0.05) is 94.9 Å². The van der Waals surface area contributed by atoms with E-state index in [2.05, 4.69) is 5.16 Å². The Bertz CT molecular complexity index is 1380. The van der Waals surface area contributed by atoms with E-state index in [-0.39, 0.29) is 0 Å². The second-order valence-electron chi connectivity index (χ2n) is 8.27. The molecule has 0 aliphatic heterocycles. The van der Waals surface area contributed by atoms with Crippen LogP contribution in [0.25, 0.3) is 0 Å². The SMILES string of the molecule is [O-][n+]1onc(C(c2ccc(Cl)cc2)c2ccc(Cl)cc2)c1C(c1ccc(Cl)cc1)c1ccc(Cl)cc1. The van der Waals surface area contributed by atoms with Crippen LogP contribution in [0.15, 0.2) is 102 Å². The largest absolute Gasteiger partial charge is 0.359 e. The summed E-state index contributed by atoms with van der Waals surface area (Å²) in [5.41, 5.74) is 4.31. The summed E-state index contributed by atoms with van der Waals surface area (Å²) in [7, 11) is 0. The summed E-state index contributed by atoms with van der Waals surface area (Å²) in [5.74, 6) is -0.920. The zero-order valence-corrected chi connectivity index (χ0v) is 21.6. The molecule has 0 unspecified atom stereocenters. The van der Waals surface area contributed by atoms with Gasteiger partial charge in [-0.25, -0.2) is 0 Å². The molecule has 0 amide bonds. The maximum atomic E-state index is 13.2. The highest BCUT2D eigenvalue weighted by atomic mass is 35.5. The first-order chi connectivity index (χ1) is 17.4. The van der Waals surface area contributed by atoms with E-state index in [9.17, 15) is 5.21 Å². The molecular formula is C28H18Cl4N2O2. The molecule has 4 nitrogen and oxygen atoms in total. The van der Waals surface area contributed by atoms with Gasteiger partial charge in [-0.3, -0.25) is 4.63 Å². The van der Waals surface area contributed by atoms with E-state index in [1.807, 2.05) is 48.5 Å². The predicted octanol–water partition coefficient (Wildman–Crippen LogP) is 8.28. The average Bonchev–Trinajstić information content (AvgIpc) is 3.24. The van der Waals surface area contributed by atoms with E-state index in [0.717, 1.165) is 22.3 Å². The van der Waals surface area contributed by atoms with Gasteiger partial charge in [0.05, 0.1) is 11.8 Å². The van der Waals surface area contributed by atoms with Crippen molar-refractivity contribution in [3.8, 4) is 0 Å². The van der Waals surface area contributed by atoms with Gasteiger partial charge in [0.2, 0.25) is 11.4 Å². The molecule has 4 aromatic carbocycles. The van der Waals surface area contributed by atoms with E-state index in [1.165, 1.54) is 0 Å². The lowest BCUT2D eigenvalue weighted by atomic mass is 9.81. The molecule has 5 rings (SSSR count). The number of aromatic nitrogens is 2. The lowest BCUT2D eigenvalue weighted by Gasteiger charge is -2.20. The summed E-state index contributed by atoms with van der Waals surface area (Å²) < 4.78 is 5.25. The van der Waals surface area contributed by atoms with Gasteiger partial charge in [-0.05, 0) is 75.7 Å². The molecule has 1 heterocycles. The number of nitrogens with zero attached hydrogens (tertiary/aromatic N) is 2. The minimum Gasteiger partial charge on any atom is -0.359 e. The molecule has 180 valence electrons. The second-order valence-corrected chi connectivity index (χ2v) is 10.0. The third kappa shape index (κ3) is 5.09. The van der Waals surface area contributed by atoms with Crippen LogP contribution in [0, 0.1) is 5.21 Å². The Labute approximate surface area is 228 Å². The molecule has 8 heteroatoms. The van der Waals surface area contributed by atoms with Crippen LogP contribution < -0.4 is 4.90 Å². The van der Waals surface area contributed by atoms with Crippen molar-refractivity contribution in [3.05, 3.63) is 156 Å². The normalized spacial score (nSPS) is 11.4. The monoisotopic (exact) mass is 554 g/mol. The van der Waals surface area contributed by atoms with Crippen LogP contribution >= 0.6 is 46.4 Å². The number of hydrogen-bond donors (Lipinski definition) is 0. The molecule has 0 radical (unpaired) electrons. The van der Waals surface area contributed by atoms with Gasteiger partial charge in [0, 0.05) is 25.2 Å². The molecule has 0 spiro atoms. The molecule has 0 atom stereocenters. The van der Waals surface area contributed by atoms with Gasteiger partial charge in [-0.15, -0.1) is 0 Å². The number of rotatable bonds is 6. The molecule has 0 aliphatic rings. The second kappa shape index (κ2) is 10.5. The Morgan fingerprint density at radius 3 is 1.17 bits per heavy atom. The Kier molecular flexibility index (Phi) is 7.22. The molecule has 5 aromatic rings. The van der Waals surface area contributed by atoms with Crippen LogP contribution in [0.2, 0.25) is 20.1 Å². The fourth-order valence-electron chi connectivity index (χ4n) is 4.36. The van der Waals surface area contributed by atoms with Gasteiger partial charge in [0.15, 0.2) is 0 Å². The fourth-order valence-corrected chi connectivity index (χ4v) is 4.86. The van der Waals surface area contributed by atoms with Gasteiger partial charge in [0.25, 0.3) is 0 Å². The summed E-state index contributed by atoms with van der Waals surface area (Å²) in [6.45, 7) is 0. The molecule has 0 bridgehead atoms. The molecule has 0 N–H and O–H groups in total. The highest BCUT2D eigenvalue weighted by Gasteiger charge is 2.36. The van der Waals surface area contributed by atoms with Crippen molar-refractivity contribution in [2.24, 2.45) is 0 Å². The molecule has 36 heavy (non-hydrogen) atoms. The standard InChI is InChI=1S/C28H18Cl4N2O2/c29-21-9-1-17(2-10-21)25(18-3-11-22(30)12-4-18)27-28(34(35)36-33-27)26(19-5-13-23(31)14-6-19)20-7-15-24(32)16-8-20/h1-16,25-26H. The van der Waals surface area contributed by atoms with Crippen LogP contribution in [0.3, 0.4) is 0 Å². The minimum atomic E-state index is -0.500. The van der Waals surface area contributed by atoms with Crippen LogP contribution in [-0.2, 0) is 0 Å². The summed E-state index contributed by atoms with van der Waals surface area (Å²) in [4.78, 5) is 0.474. The summed E-state index contributed by atoms with van der Waals surface area (Å²) in [6.07, 6.45) is 0. The van der Waals surface area contributed by atoms with E-state index in [4.69, 9.17) is 51.0 Å². The van der Waals surface area contributed by atoms with Crippen LogP contribution in [0.4, 0.5) is 0 Å². The highest BCUT2D eigenvalue weighted by Crippen LogP contribution is 2.39. The summed E-state index contributed by atoms with van der Waals surface area (Å²) in [6, 6.07) is 29.6. The zero-order chi connectivity index (χ0) is 25.2. The highest BCUT2D eigenvalue weighted by molar-refractivity contribution is 6.31. The molecule has 0 saturated carbocycles. The zero-order valence-electron chi connectivity index (χ0n) is 18.6. The molecule has 0 saturated heterocycles. The Hall–Kier alpha value is -3.02. The van der Waals surface area contributed by atoms with Crippen molar-refractivity contribution in [3.63, 3.8) is 0 Å². The Balaban J connectivity index is 1.75. The predicted molar refractivity (Wildman–Crippen MR) is 143 cm³/mol. The summed E-state index contributed by atoms with van der Waals surface area (Å²) >= 11 is 24.7. The van der Waals surface area contributed by atoms with Crippen LogP contribution in [0.1, 0.15) is 45.5 Å². The van der Waals surface area contributed by atoms with Gasteiger partial charge in [-0.2, -0.15) is 0 Å². The number of hydrogen-bond acceptors (Lipinski definition) is 3. The quantitative estimate of drug-likeness (QED) is 0.198. The van der Waals surface area contributed by atoms with Crippen molar-refractivity contribution in [2.75, 3.05) is 0 Å². The third-order valence-electron chi connectivity index (χ3n) is 6.03. The Morgan fingerprint density at radius 2 is 0.833 bits per heavy atom. The average molecular weight is 556 g/mol. The van der Waals surface area contributed by atoms with Gasteiger partial charge < -0.3 is 5.21 Å². The summed E-state index contributed by atoms with van der Waals surface area (Å²) in [5, 5.41) is 19.9. The van der Waals surface area contributed by atoms with E-state index >= 15 is 0 Å². The van der Waals surface area contributed by atoms with E-state index < -0.39 is 11.8 Å². The van der Waals surface area contributed by atoms with Crippen molar-refractivity contribution >= 4 is 46.4 Å². The van der Waals surface area contributed by atoms with E-state index in [0.29, 0.717) is 36.4 Å². The third-order valence-corrected chi connectivity index (χ3v) is 7.04. The number of halogens is 4. The lowest BCUT2D eigenvalue weighted by molar-refractivity contribution is -0.808.